The fourth-order valence-corrected chi connectivity index (χ4v) is 3.39. The molecule has 2 rings (SSSR count). The smallest absolute Gasteiger partial charge is 0.243 e. The quantitative estimate of drug-likeness (QED) is 0.854. The lowest BCUT2D eigenvalue weighted by Gasteiger charge is -2.11. The maximum atomic E-state index is 11.8. The van der Waals surface area contributed by atoms with Gasteiger partial charge in [-0.25, -0.2) is 4.98 Å². The number of nitrogens with zero attached hydrogens (tertiary/aromatic N) is 1. The highest BCUT2D eigenvalue weighted by atomic mass is 32.2. The summed E-state index contributed by atoms with van der Waals surface area (Å²) in [6.07, 6.45) is 0. The van der Waals surface area contributed by atoms with Crippen LogP contribution in [0.15, 0.2) is 38.9 Å². The monoisotopic (exact) mass is 323 g/mol. The molecule has 1 unspecified atom stereocenters. The van der Waals surface area contributed by atoms with E-state index in [0.29, 0.717) is 5.69 Å². The third-order valence-corrected chi connectivity index (χ3v) is 4.67. The second-order valence-electron chi connectivity index (χ2n) is 4.43. The summed E-state index contributed by atoms with van der Waals surface area (Å²) in [5.74, 6) is -0.257. The molecule has 1 aromatic carbocycles. The van der Waals surface area contributed by atoms with Crippen LogP contribution in [-0.4, -0.2) is 30.6 Å². The van der Waals surface area contributed by atoms with Crippen molar-refractivity contribution in [2.75, 3.05) is 19.0 Å². The highest BCUT2D eigenvalue weighted by molar-refractivity contribution is 8.01. The number of ether oxygens (including phenoxy) is 1. The van der Waals surface area contributed by atoms with Crippen LogP contribution in [0.2, 0.25) is 0 Å². The number of aryl methyl sites for hydroxylation is 1. The van der Waals surface area contributed by atoms with Gasteiger partial charge in [0.1, 0.15) is 6.04 Å². The van der Waals surface area contributed by atoms with Crippen molar-refractivity contribution in [3.8, 4) is 0 Å². The van der Waals surface area contributed by atoms with Crippen molar-refractivity contribution >= 4 is 34.7 Å². The molecule has 0 fully saturated rings. The standard InChI is InChI=1S/C14H17N3O2S2/c1-9-8-20-14(16-9)21-11-5-3-10(4-6-11)17-13(18)12(15)7-19-2/h3-6,8,12H,7,15H2,1-2H3,(H,17,18). The van der Waals surface area contributed by atoms with Crippen LogP contribution in [0.5, 0.6) is 0 Å². The second-order valence-corrected chi connectivity index (χ2v) is 6.61. The number of rotatable bonds is 6. The van der Waals surface area contributed by atoms with E-state index in [9.17, 15) is 4.79 Å². The number of nitrogens with two attached hydrogens (primary N) is 1. The molecule has 3 N–H and O–H groups in total. The number of carbonyl (C=O) groups is 1. The predicted molar refractivity (Wildman–Crippen MR) is 85.9 cm³/mol. The maximum Gasteiger partial charge on any atom is 0.243 e. The van der Waals surface area contributed by atoms with E-state index in [1.807, 2.05) is 36.6 Å². The number of thiazole rings is 1. The summed E-state index contributed by atoms with van der Waals surface area (Å²) in [6, 6.07) is 6.92. The lowest BCUT2D eigenvalue weighted by molar-refractivity contribution is -0.118. The number of hydrogen-bond acceptors (Lipinski definition) is 6. The van der Waals surface area contributed by atoms with Gasteiger partial charge in [0.25, 0.3) is 0 Å². The molecule has 112 valence electrons. The number of methoxy groups -OCH3 is 1. The number of carbonyl (C=O) groups excluding carboxylic acids is 1. The highest BCUT2D eigenvalue weighted by Crippen LogP contribution is 2.30. The Morgan fingerprint density at radius 3 is 2.76 bits per heavy atom. The Labute approximate surface area is 131 Å². The largest absolute Gasteiger partial charge is 0.383 e. The number of hydrogen-bond donors (Lipinski definition) is 2. The Balaban J connectivity index is 1.94. The highest BCUT2D eigenvalue weighted by Gasteiger charge is 2.13. The predicted octanol–water partition coefficient (Wildman–Crippen LogP) is 2.51. The molecule has 0 saturated heterocycles. The average molecular weight is 323 g/mol. The first-order valence-electron chi connectivity index (χ1n) is 6.34. The first kappa shape index (κ1) is 16.0. The van der Waals surface area contributed by atoms with Crippen LogP contribution >= 0.6 is 23.1 Å². The fraction of sp³-hybridized carbons (Fsp3) is 0.286. The van der Waals surface area contributed by atoms with Crippen molar-refractivity contribution in [1.82, 2.24) is 4.98 Å². The van der Waals surface area contributed by atoms with Gasteiger partial charge < -0.3 is 15.8 Å². The molecule has 1 amide bonds. The molecule has 1 atom stereocenters. The van der Waals surface area contributed by atoms with Crippen molar-refractivity contribution in [3.05, 3.63) is 35.3 Å². The zero-order valence-electron chi connectivity index (χ0n) is 11.8. The number of amides is 1. The summed E-state index contributed by atoms with van der Waals surface area (Å²) in [5, 5.41) is 4.78. The van der Waals surface area contributed by atoms with Gasteiger partial charge >= 0.3 is 0 Å². The van der Waals surface area contributed by atoms with Gasteiger partial charge in [0.2, 0.25) is 5.91 Å². The summed E-state index contributed by atoms with van der Waals surface area (Å²) < 4.78 is 5.86. The van der Waals surface area contributed by atoms with E-state index >= 15 is 0 Å². The summed E-state index contributed by atoms with van der Waals surface area (Å²) >= 11 is 3.22. The van der Waals surface area contributed by atoms with Crippen molar-refractivity contribution in [2.45, 2.75) is 22.2 Å². The number of anilines is 1. The second kappa shape index (κ2) is 7.56. The molecule has 0 aliphatic heterocycles. The lowest BCUT2D eigenvalue weighted by atomic mass is 10.2. The number of benzene rings is 1. The zero-order chi connectivity index (χ0) is 15.2. The van der Waals surface area contributed by atoms with Crippen molar-refractivity contribution in [3.63, 3.8) is 0 Å². The van der Waals surface area contributed by atoms with E-state index in [1.54, 1.807) is 23.1 Å². The van der Waals surface area contributed by atoms with E-state index < -0.39 is 6.04 Å². The van der Waals surface area contributed by atoms with Crippen LogP contribution < -0.4 is 11.1 Å². The van der Waals surface area contributed by atoms with Crippen LogP contribution in [0, 0.1) is 6.92 Å². The number of aromatic nitrogens is 1. The van der Waals surface area contributed by atoms with Crippen molar-refractivity contribution in [2.24, 2.45) is 5.73 Å². The molecule has 7 heteroatoms. The average Bonchev–Trinajstić information content (AvgIpc) is 2.86. The van der Waals surface area contributed by atoms with Crippen molar-refractivity contribution in [1.29, 1.82) is 0 Å². The lowest BCUT2D eigenvalue weighted by Crippen LogP contribution is -2.39. The third kappa shape index (κ3) is 4.82. The minimum absolute atomic E-state index is 0.198. The van der Waals surface area contributed by atoms with Crippen LogP contribution in [0.4, 0.5) is 5.69 Å². The van der Waals surface area contributed by atoms with Gasteiger partial charge in [-0.3, -0.25) is 4.79 Å². The molecule has 0 aliphatic carbocycles. The van der Waals surface area contributed by atoms with E-state index in [-0.39, 0.29) is 12.5 Å². The summed E-state index contributed by atoms with van der Waals surface area (Å²) in [7, 11) is 1.51. The van der Waals surface area contributed by atoms with Crippen LogP contribution in [0.3, 0.4) is 0 Å². The van der Waals surface area contributed by atoms with Crippen molar-refractivity contribution < 1.29 is 9.53 Å². The van der Waals surface area contributed by atoms with Gasteiger partial charge in [-0.05, 0) is 31.2 Å². The molecule has 2 aromatic rings. The Bertz CT molecular complexity index is 599. The molecule has 0 radical (unpaired) electrons. The van der Waals surface area contributed by atoms with E-state index in [0.717, 1.165) is 14.9 Å². The summed E-state index contributed by atoms with van der Waals surface area (Å²) in [4.78, 5) is 17.2. The van der Waals surface area contributed by atoms with Gasteiger partial charge in [0, 0.05) is 28.8 Å². The number of nitrogens with one attached hydrogen (secondary N) is 1. The molecule has 5 nitrogen and oxygen atoms in total. The van der Waals surface area contributed by atoms with Crippen LogP contribution in [0.25, 0.3) is 0 Å². The minimum Gasteiger partial charge on any atom is -0.383 e. The Morgan fingerprint density at radius 2 is 2.19 bits per heavy atom. The molecule has 0 aliphatic rings. The van der Waals surface area contributed by atoms with Gasteiger partial charge in [0.05, 0.1) is 6.61 Å². The van der Waals surface area contributed by atoms with E-state index in [4.69, 9.17) is 10.5 Å². The van der Waals surface area contributed by atoms with Gasteiger partial charge in [-0.1, -0.05) is 11.8 Å². The Hall–Kier alpha value is -1.41. The SMILES string of the molecule is COCC(N)C(=O)Nc1ccc(Sc2nc(C)cs2)cc1. The van der Waals surface area contributed by atoms with Gasteiger partial charge in [-0.15, -0.1) is 11.3 Å². The molecule has 1 aromatic heterocycles. The third-order valence-electron chi connectivity index (χ3n) is 2.61. The molecular formula is C14H17N3O2S2. The maximum absolute atomic E-state index is 11.8. The zero-order valence-corrected chi connectivity index (χ0v) is 13.5. The normalized spacial score (nSPS) is 12.1. The van der Waals surface area contributed by atoms with E-state index in [2.05, 4.69) is 10.3 Å². The molecular weight excluding hydrogens is 306 g/mol. The first-order chi connectivity index (χ1) is 10.1. The Kier molecular flexibility index (Phi) is 5.75. The van der Waals surface area contributed by atoms with Crippen LogP contribution in [-0.2, 0) is 9.53 Å². The van der Waals surface area contributed by atoms with Crippen LogP contribution in [0.1, 0.15) is 5.69 Å². The first-order valence-corrected chi connectivity index (χ1v) is 8.03. The topological polar surface area (TPSA) is 77.2 Å². The molecule has 21 heavy (non-hydrogen) atoms. The summed E-state index contributed by atoms with van der Waals surface area (Å²) in [5.41, 5.74) is 7.40. The van der Waals surface area contributed by atoms with Gasteiger partial charge in [-0.2, -0.15) is 0 Å². The fourth-order valence-electron chi connectivity index (χ4n) is 1.58. The Morgan fingerprint density at radius 1 is 1.48 bits per heavy atom. The molecule has 1 heterocycles. The summed E-state index contributed by atoms with van der Waals surface area (Å²) in [6.45, 7) is 2.17. The molecule has 0 bridgehead atoms. The van der Waals surface area contributed by atoms with E-state index in [1.165, 1.54) is 7.11 Å². The molecule has 0 spiro atoms. The van der Waals surface area contributed by atoms with Gasteiger partial charge in [0.15, 0.2) is 4.34 Å². The minimum atomic E-state index is -0.664. The molecule has 0 saturated carbocycles.